The number of ether oxygens (including phenoxy) is 2. The third-order valence-corrected chi connectivity index (χ3v) is 5.08. The Morgan fingerprint density at radius 1 is 0.964 bits per heavy atom. The van der Waals surface area contributed by atoms with Crippen LogP contribution in [0.5, 0.6) is 11.5 Å². The summed E-state index contributed by atoms with van der Waals surface area (Å²) in [4.78, 5) is 0. The number of rotatable bonds is 8. The number of halogens is 2. The first kappa shape index (κ1) is 20.4. The second-order valence-corrected chi connectivity index (χ2v) is 7.41. The van der Waals surface area contributed by atoms with Gasteiger partial charge >= 0.3 is 0 Å². The van der Waals surface area contributed by atoms with E-state index in [1.165, 1.54) is 17.7 Å². The molecule has 3 nitrogen and oxygen atoms in total. The third kappa shape index (κ3) is 5.33. The molecule has 0 aliphatic rings. The average molecular weight is 444 g/mol. The molecule has 0 amide bonds. The highest BCUT2D eigenvalue weighted by atomic mass is 79.9. The van der Waals surface area contributed by atoms with Gasteiger partial charge < -0.3 is 14.8 Å². The van der Waals surface area contributed by atoms with Crippen molar-refractivity contribution >= 4 is 15.9 Å². The highest BCUT2D eigenvalue weighted by Crippen LogP contribution is 2.37. The number of hydrogen-bond acceptors (Lipinski definition) is 3. The molecule has 3 aromatic carbocycles. The summed E-state index contributed by atoms with van der Waals surface area (Å²) >= 11 is 3.60. The molecule has 0 saturated carbocycles. The summed E-state index contributed by atoms with van der Waals surface area (Å²) in [5.41, 5.74) is 4.43. The van der Waals surface area contributed by atoms with Gasteiger partial charge in [0.25, 0.3) is 0 Å². The van der Waals surface area contributed by atoms with Crippen LogP contribution >= 0.6 is 15.9 Å². The minimum Gasteiger partial charge on any atom is -0.493 e. The van der Waals surface area contributed by atoms with E-state index in [2.05, 4.69) is 40.3 Å². The van der Waals surface area contributed by atoms with Crippen molar-refractivity contribution in [3.63, 3.8) is 0 Å². The van der Waals surface area contributed by atoms with Gasteiger partial charge in [-0.1, -0.05) is 36.4 Å². The Bertz CT molecular complexity index is 928. The number of nitrogens with one attached hydrogen (secondary N) is 1. The van der Waals surface area contributed by atoms with Crippen molar-refractivity contribution in [1.82, 2.24) is 5.32 Å². The van der Waals surface area contributed by atoms with Crippen LogP contribution < -0.4 is 14.8 Å². The van der Waals surface area contributed by atoms with Gasteiger partial charge in [-0.3, -0.25) is 0 Å². The van der Waals surface area contributed by atoms with E-state index in [9.17, 15) is 4.39 Å². The molecule has 0 unspecified atom stereocenters. The van der Waals surface area contributed by atoms with Crippen LogP contribution in [-0.4, -0.2) is 7.11 Å². The standard InChI is InChI=1S/C23H23BrFNO2/c1-16-5-3-4-6-19(16)15-28-23-21(24)11-18(12-22(23)27-2)14-26-13-17-7-9-20(25)10-8-17/h3-12,26H,13-15H2,1-2H3. The fourth-order valence-corrected chi connectivity index (χ4v) is 3.49. The van der Waals surface area contributed by atoms with Gasteiger partial charge in [0, 0.05) is 13.1 Å². The Morgan fingerprint density at radius 3 is 2.39 bits per heavy atom. The van der Waals surface area contributed by atoms with E-state index in [1.807, 2.05) is 24.3 Å². The van der Waals surface area contributed by atoms with Gasteiger partial charge in [0.05, 0.1) is 11.6 Å². The molecule has 0 fully saturated rings. The first-order chi connectivity index (χ1) is 13.6. The van der Waals surface area contributed by atoms with Gasteiger partial charge in [0.2, 0.25) is 0 Å². The van der Waals surface area contributed by atoms with Crippen LogP contribution in [0.15, 0.2) is 65.1 Å². The minimum absolute atomic E-state index is 0.223. The molecular formula is C23H23BrFNO2. The van der Waals surface area contributed by atoms with Crippen LogP contribution in [0.4, 0.5) is 4.39 Å². The fraction of sp³-hybridized carbons (Fsp3) is 0.217. The molecule has 0 atom stereocenters. The molecule has 5 heteroatoms. The van der Waals surface area contributed by atoms with E-state index in [4.69, 9.17) is 9.47 Å². The molecule has 1 N–H and O–H groups in total. The van der Waals surface area contributed by atoms with Crippen LogP contribution in [0.25, 0.3) is 0 Å². The summed E-state index contributed by atoms with van der Waals surface area (Å²) < 4.78 is 25.4. The maximum Gasteiger partial charge on any atom is 0.175 e. The normalized spacial score (nSPS) is 10.7. The molecule has 0 heterocycles. The lowest BCUT2D eigenvalue weighted by Gasteiger charge is -2.15. The monoisotopic (exact) mass is 443 g/mol. The van der Waals surface area contributed by atoms with Gasteiger partial charge in [0.1, 0.15) is 12.4 Å². The molecular weight excluding hydrogens is 421 g/mol. The Hall–Kier alpha value is -2.37. The van der Waals surface area contributed by atoms with Crippen molar-refractivity contribution in [2.24, 2.45) is 0 Å². The second-order valence-electron chi connectivity index (χ2n) is 6.55. The van der Waals surface area contributed by atoms with Crippen molar-refractivity contribution < 1.29 is 13.9 Å². The molecule has 0 radical (unpaired) electrons. The zero-order valence-electron chi connectivity index (χ0n) is 16.0. The van der Waals surface area contributed by atoms with Gasteiger partial charge in [-0.25, -0.2) is 4.39 Å². The van der Waals surface area contributed by atoms with Gasteiger partial charge in [-0.15, -0.1) is 0 Å². The predicted octanol–water partition coefficient (Wildman–Crippen LogP) is 5.77. The van der Waals surface area contributed by atoms with Crippen LogP contribution in [0, 0.1) is 12.7 Å². The summed E-state index contributed by atoms with van der Waals surface area (Å²) in [5, 5.41) is 3.36. The minimum atomic E-state index is -0.223. The van der Waals surface area contributed by atoms with Crippen LogP contribution in [-0.2, 0) is 19.7 Å². The van der Waals surface area contributed by atoms with E-state index >= 15 is 0 Å². The van der Waals surface area contributed by atoms with Crippen molar-refractivity contribution in [3.8, 4) is 11.5 Å². The van der Waals surface area contributed by atoms with E-state index in [0.717, 1.165) is 21.2 Å². The Morgan fingerprint density at radius 2 is 1.68 bits per heavy atom. The summed E-state index contributed by atoms with van der Waals surface area (Å²) in [6.07, 6.45) is 0. The smallest absolute Gasteiger partial charge is 0.175 e. The topological polar surface area (TPSA) is 30.5 Å². The van der Waals surface area contributed by atoms with Gasteiger partial charge in [-0.05, 0) is 69.4 Å². The molecule has 28 heavy (non-hydrogen) atoms. The van der Waals surface area contributed by atoms with Crippen molar-refractivity contribution in [2.75, 3.05) is 7.11 Å². The van der Waals surface area contributed by atoms with Crippen LogP contribution in [0.1, 0.15) is 22.3 Å². The van der Waals surface area contributed by atoms with E-state index < -0.39 is 0 Å². The highest BCUT2D eigenvalue weighted by Gasteiger charge is 2.12. The Balaban J connectivity index is 1.65. The molecule has 0 saturated heterocycles. The molecule has 0 aliphatic heterocycles. The SMILES string of the molecule is COc1cc(CNCc2ccc(F)cc2)cc(Br)c1OCc1ccccc1C. The molecule has 146 valence electrons. The molecule has 0 bridgehead atoms. The summed E-state index contributed by atoms with van der Waals surface area (Å²) in [6, 6.07) is 18.6. The summed E-state index contributed by atoms with van der Waals surface area (Å²) in [6.45, 7) is 3.86. The van der Waals surface area contributed by atoms with Crippen LogP contribution in [0.2, 0.25) is 0 Å². The van der Waals surface area contributed by atoms with E-state index in [-0.39, 0.29) is 5.82 Å². The first-order valence-electron chi connectivity index (χ1n) is 9.05. The lowest BCUT2D eigenvalue weighted by molar-refractivity contribution is 0.281. The van der Waals surface area contributed by atoms with E-state index in [0.29, 0.717) is 31.2 Å². The maximum atomic E-state index is 13.0. The molecule has 3 aromatic rings. The average Bonchev–Trinajstić information content (AvgIpc) is 2.69. The van der Waals surface area contributed by atoms with Crippen LogP contribution in [0.3, 0.4) is 0 Å². The molecule has 0 spiro atoms. The fourth-order valence-electron chi connectivity index (χ4n) is 2.89. The quantitative estimate of drug-likeness (QED) is 0.478. The highest BCUT2D eigenvalue weighted by molar-refractivity contribution is 9.10. The number of hydrogen-bond donors (Lipinski definition) is 1. The zero-order chi connectivity index (χ0) is 19.9. The maximum absolute atomic E-state index is 13.0. The van der Waals surface area contributed by atoms with E-state index in [1.54, 1.807) is 19.2 Å². The second kappa shape index (κ2) is 9.71. The summed E-state index contributed by atoms with van der Waals surface area (Å²) in [5.74, 6) is 1.15. The lowest BCUT2D eigenvalue weighted by atomic mass is 10.1. The number of benzene rings is 3. The zero-order valence-corrected chi connectivity index (χ0v) is 17.6. The number of aryl methyl sites for hydroxylation is 1. The largest absolute Gasteiger partial charge is 0.493 e. The Labute approximate surface area is 173 Å². The molecule has 0 aliphatic carbocycles. The first-order valence-corrected chi connectivity index (χ1v) is 9.85. The molecule has 0 aromatic heterocycles. The molecule has 3 rings (SSSR count). The summed E-state index contributed by atoms with van der Waals surface area (Å²) in [7, 11) is 1.64. The van der Waals surface area contributed by atoms with Crippen molar-refractivity contribution in [1.29, 1.82) is 0 Å². The predicted molar refractivity (Wildman–Crippen MR) is 113 cm³/mol. The van der Waals surface area contributed by atoms with Gasteiger partial charge in [-0.2, -0.15) is 0 Å². The lowest BCUT2D eigenvalue weighted by Crippen LogP contribution is -2.13. The van der Waals surface area contributed by atoms with Gasteiger partial charge in [0.15, 0.2) is 11.5 Å². The third-order valence-electron chi connectivity index (χ3n) is 4.49. The number of methoxy groups -OCH3 is 1. The van der Waals surface area contributed by atoms with Crippen molar-refractivity contribution in [2.45, 2.75) is 26.6 Å². The van der Waals surface area contributed by atoms with Crippen molar-refractivity contribution in [3.05, 3.63) is 93.2 Å². The Kier molecular flexibility index (Phi) is 7.06.